The van der Waals surface area contributed by atoms with Crippen LogP contribution in [0.5, 0.6) is 11.8 Å². The van der Waals surface area contributed by atoms with E-state index in [9.17, 15) is 4.79 Å². The van der Waals surface area contributed by atoms with Crippen LogP contribution in [0.1, 0.15) is 21.9 Å². The number of amides is 1. The van der Waals surface area contributed by atoms with E-state index < -0.39 is 0 Å². The molecular formula is C14H16N4O3S. The highest BCUT2D eigenvalue weighted by molar-refractivity contribution is 7.09. The maximum atomic E-state index is 12.3. The zero-order chi connectivity index (χ0) is 15.5. The fourth-order valence-corrected chi connectivity index (χ4v) is 2.91. The number of ether oxygens (including phenoxy) is 2. The highest BCUT2D eigenvalue weighted by Crippen LogP contribution is 2.24. The molecule has 0 radical (unpaired) electrons. The third kappa shape index (κ3) is 3.01. The minimum absolute atomic E-state index is 0.0541. The van der Waals surface area contributed by atoms with Gasteiger partial charge in [0.1, 0.15) is 11.8 Å². The van der Waals surface area contributed by atoms with E-state index in [1.54, 1.807) is 22.7 Å². The number of carbonyl (C=O) groups excluding carboxylic acids is 1. The molecule has 1 fully saturated rings. The van der Waals surface area contributed by atoms with Gasteiger partial charge in [-0.15, -0.1) is 11.3 Å². The number of aryl methyl sites for hydroxylation is 1. The van der Waals surface area contributed by atoms with Gasteiger partial charge >= 0.3 is 0 Å². The lowest BCUT2D eigenvalue weighted by molar-refractivity contribution is 0.0765. The molecule has 0 bridgehead atoms. The van der Waals surface area contributed by atoms with Crippen molar-refractivity contribution in [3.05, 3.63) is 28.5 Å². The maximum absolute atomic E-state index is 12.3. The van der Waals surface area contributed by atoms with Gasteiger partial charge in [-0.1, -0.05) is 0 Å². The Balaban J connectivity index is 1.64. The summed E-state index contributed by atoms with van der Waals surface area (Å²) in [7, 11) is 1.52. The van der Waals surface area contributed by atoms with Crippen molar-refractivity contribution in [2.75, 3.05) is 20.2 Å². The van der Waals surface area contributed by atoms with Crippen LogP contribution < -0.4 is 9.47 Å². The van der Waals surface area contributed by atoms with Gasteiger partial charge in [0.05, 0.1) is 18.7 Å². The molecule has 0 N–H and O–H groups in total. The predicted molar refractivity (Wildman–Crippen MR) is 80.4 cm³/mol. The van der Waals surface area contributed by atoms with Crippen molar-refractivity contribution in [2.24, 2.45) is 0 Å². The van der Waals surface area contributed by atoms with Crippen LogP contribution in [0.15, 0.2) is 17.8 Å². The van der Waals surface area contributed by atoms with Crippen molar-refractivity contribution in [2.45, 2.75) is 19.4 Å². The second-order valence-corrected chi connectivity index (χ2v) is 5.96. The van der Waals surface area contributed by atoms with E-state index in [1.165, 1.54) is 18.4 Å². The lowest BCUT2D eigenvalue weighted by Gasteiger charge is -2.16. The molecule has 2 aromatic heterocycles. The summed E-state index contributed by atoms with van der Waals surface area (Å²) in [6.07, 6.45) is 3.72. The maximum Gasteiger partial charge on any atom is 0.278 e. The molecule has 1 atom stereocenters. The minimum Gasteiger partial charge on any atom is -0.477 e. The Morgan fingerprint density at radius 3 is 2.82 bits per heavy atom. The molecule has 2 aromatic rings. The van der Waals surface area contributed by atoms with E-state index in [0.717, 1.165) is 11.4 Å². The summed E-state index contributed by atoms with van der Waals surface area (Å²) in [5, 5.41) is 2.68. The van der Waals surface area contributed by atoms with Crippen molar-refractivity contribution in [3.8, 4) is 11.8 Å². The highest BCUT2D eigenvalue weighted by atomic mass is 32.1. The van der Waals surface area contributed by atoms with E-state index >= 15 is 0 Å². The Morgan fingerprint density at radius 2 is 2.14 bits per heavy atom. The van der Waals surface area contributed by atoms with Gasteiger partial charge in [-0.25, -0.2) is 15.0 Å². The first-order valence-electron chi connectivity index (χ1n) is 6.90. The number of likely N-dealkylation sites (tertiary alicyclic amines) is 1. The summed E-state index contributed by atoms with van der Waals surface area (Å²) < 4.78 is 10.9. The highest BCUT2D eigenvalue weighted by Gasteiger charge is 2.30. The number of hydrogen-bond donors (Lipinski definition) is 0. The largest absolute Gasteiger partial charge is 0.477 e. The summed E-state index contributed by atoms with van der Waals surface area (Å²) >= 11 is 1.48. The molecule has 0 aliphatic carbocycles. The molecule has 3 rings (SSSR count). The first-order chi connectivity index (χ1) is 10.7. The normalized spacial score (nSPS) is 17.5. The van der Waals surface area contributed by atoms with Crippen LogP contribution in [0.2, 0.25) is 0 Å². The molecule has 1 saturated heterocycles. The van der Waals surface area contributed by atoms with Crippen LogP contribution in [0.4, 0.5) is 0 Å². The molecule has 1 aliphatic heterocycles. The first kappa shape index (κ1) is 14.7. The third-order valence-corrected chi connectivity index (χ3v) is 4.15. The van der Waals surface area contributed by atoms with E-state index in [1.807, 2.05) is 6.92 Å². The smallest absolute Gasteiger partial charge is 0.278 e. The molecule has 116 valence electrons. The molecule has 0 unspecified atom stereocenters. The second kappa shape index (κ2) is 6.27. The van der Waals surface area contributed by atoms with Crippen molar-refractivity contribution < 1.29 is 14.3 Å². The van der Waals surface area contributed by atoms with E-state index in [-0.39, 0.29) is 12.0 Å². The van der Waals surface area contributed by atoms with Crippen LogP contribution >= 0.6 is 11.3 Å². The summed E-state index contributed by atoms with van der Waals surface area (Å²) in [5.74, 6) is 0.651. The molecule has 0 spiro atoms. The third-order valence-electron chi connectivity index (χ3n) is 3.38. The Hall–Kier alpha value is -2.22. The standard InChI is InChI=1S/C14H16N4O3S/c1-9-17-11(8-22-9)14(19)18-6-3-10(7-18)21-13-12(20-2)15-4-5-16-13/h4-5,8,10H,3,6-7H2,1-2H3/t10-/m0/s1. The van der Waals surface area contributed by atoms with Crippen LogP contribution in [0, 0.1) is 6.92 Å². The number of aromatic nitrogens is 3. The molecule has 0 aromatic carbocycles. The Labute approximate surface area is 131 Å². The van der Waals surface area contributed by atoms with Crippen molar-refractivity contribution >= 4 is 17.2 Å². The molecule has 0 saturated carbocycles. The van der Waals surface area contributed by atoms with E-state index in [0.29, 0.717) is 30.5 Å². The quantitative estimate of drug-likeness (QED) is 0.850. The molecule has 7 nitrogen and oxygen atoms in total. The number of rotatable bonds is 4. The summed E-state index contributed by atoms with van der Waals surface area (Å²) in [5.41, 5.74) is 0.500. The zero-order valence-corrected chi connectivity index (χ0v) is 13.2. The van der Waals surface area contributed by atoms with Crippen LogP contribution in [-0.2, 0) is 0 Å². The van der Waals surface area contributed by atoms with Crippen molar-refractivity contribution in [3.63, 3.8) is 0 Å². The van der Waals surface area contributed by atoms with E-state index in [4.69, 9.17) is 9.47 Å². The lowest BCUT2D eigenvalue weighted by Crippen LogP contribution is -2.31. The molecular weight excluding hydrogens is 304 g/mol. The molecule has 1 aliphatic rings. The first-order valence-corrected chi connectivity index (χ1v) is 7.78. The Morgan fingerprint density at radius 1 is 1.36 bits per heavy atom. The monoisotopic (exact) mass is 320 g/mol. The van der Waals surface area contributed by atoms with Gasteiger partial charge in [0.15, 0.2) is 0 Å². The van der Waals surface area contributed by atoms with Crippen LogP contribution in [-0.4, -0.2) is 52.1 Å². The van der Waals surface area contributed by atoms with Crippen LogP contribution in [0.25, 0.3) is 0 Å². The van der Waals surface area contributed by atoms with Gasteiger partial charge in [-0.2, -0.15) is 0 Å². The van der Waals surface area contributed by atoms with Crippen LogP contribution in [0.3, 0.4) is 0 Å². The average Bonchev–Trinajstić information content (AvgIpc) is 3.16. The fraction of sp³-hybridized carbons (Fsp3) is 0.429. The van der Waals surface area contributed by atoms with Gasteiger partial charge < -0.3 is 14.4 Å². The summed E-state index contributed by atoms with van der Waals surface area (Å²) in [6, 6.07) is 0. The van der Waals surface area contributed by atoms with Gasteiger partial charge in [0.2, 0.25) is 0 Å². The topological polar surface area (TPSA) is 77.4 Å². The Kier molecular flexibility index (Phi) is 4.19. The zero-order valence-electron chi connectivity index (χ0n) is 12.4. The molecule has 22 heavy (non-hydrogen) atoms. The predicted octanol–water partition coefficient (Wildman–Crippen LogP) is 1.54. The summed E-state index contributed by atoms with van der Waals surface area (Å²) in [6.45, 7) is 3.04. The van der Waals surface area contributed by atoms with Crippen molar-refractivity contribution in [1.82, 2.24) is 19.9 Å². The van der Waals surface area contributed by atoms with Gasteiger partial charge in [0, 0.05) is 30.7 Å². The second-order valence-electron chi connectivity index (χ2n) is 4.90. The van der Waals surface area contributed by atoms with Gasteiger partial charge in [-0.05, 0) is 6.92 Å². The molecule has 3 heterocycles. The van der Waals surface area contributed by atoms with E-state index in [2.05, 4.69) is 15.0 Å². The number of methoxy groups -OCH3 is 1. The summed E-state index contributed by atoms with van der Waals surface area (Å²) in [4.78, 5) is 26.5. The Bertz CT molecular complexity index is 676. The SMILES string of the molecule is COc1nccnc1O[C@H]1CCN(C(=O)c2csc(C)n2)C1. The average molecular weight is 320 g/mol. The lowest BCUT2D eigenvalue weighted by atomic mass is 10.3. The molecule has 1 amide bonds. The number of thiazole rings is 1. The van der Waals surface area contributed by atoms with Gasteiger partial charge in [-0.3, -0.25) is 4.79 Å². The minimum atomic E-state index is -0.116. The number of nitrogens with zero attached hydrogens (tertiary/aromatic N) is 4. The fourth-order valence-electron chi connectivity index (χ4n) is 2.32. The number of hydrogen-bond acceptors (Lipinski definition) is 7. The number of carbonyl (C=O) groups is 1. The molecule has 8 heteroatoms. The van der Waals surface area contributed by atoms with Gasteiger partial charge in [0.25, 0.3) is 17.7 Å². The van der Waals surface area contributed by atoms with Crippen molar-refractivity contribution in [1.29, 1.82) is 0 Å².